The Balaban J connectivity index is 2.06. The molecule has 5 atom stereocenters. The quantitative estimate of drug-likeness (QED) is 0.617. The van der Waals surface area contributed by atoms with Crippen LogP contribution in [-0.4, -0.2) is 63.2 Å². The first-order valence-corrected chi connectivity index (χ1v) is 7.78. The predicted molar refractivity (Wildman–Crippen MR) is 78.9 cm³/mol. The van der Waals surface area contributed by atoms with Gasteiger partial charge in [-0.05, 0) is 25.3 Å². The number of fused-ring (bicyclic) bond motifs is 3. The Hall–Kier alpha value is -2.09. The fraction of sp³-hybridized carbons (Fsp3) is 0.667. The summed E-state index contributed by atoms with van der Waals surface area (Å²) in [4.78, 5) is 38.3. The number of likely N-dealkylation sites (N-methyl/N-ethyl adjacent to an activating group) is 1. The molecule has 2 fully saturated rings. The highest BCUT2D eigenvalue weighted by Crippen LogP contribution is 2.52. The summed E-state index contributed by atoms with van der Waals surface area (Å²) >= 11 is 0. The van der Waals surface area contributed by atoms with E-state index in [9.17, 15) is 24.6 Å². The number of nitrogens with two attached hydrogens (primary N) is 1. The van der Waals surface area contributed by atoms with E-state index in [1.807, 2.05) is 0 Å². The number of primary amides is 1. The van der Waals surface area contributed by atoms with Crippen LogP contribution in [0.3, 0.4) is 0 Å². The topological polar surface area (TPSA) is 124 Å². The molecule has 0 unspecified atom stereocenters. The summed E-state index contributed by atoms with van der Waals surface area (Å²) < 4.78 is 0. The van der Waals surface area contributed by atoms with Crippen molar-refractivity contribution < 1.29 is 24.6 Å². The molecule has 4 N–H and O–H groups in total. The van der Waals surface area contributed by atoms with E-state index in [1.165, 1.54) is 9.80 Å². The van der Waals surface area contributed by atoms with Crippen LogP contribution >= 0.6 is 0 Å². The number of aliphatic hydroxyl groups is 1. The van der Waals surface area contributed by atoms with E-state index in [0.29, 0.717) is 12.0 Å². The number of aliphatic carboxylic acids is 1. The van der Waals surface area contributed by atoms with Gasteiger partial charge in [0, 0.05) is 13.0 Å². The van der Waals surface area contributed by atoms with Crippen LogP contribution in [0.25, 0.3) is 0 Å². The lowest BCUT2D eigenvalue weighted by Gasteiger charge is -2.47. The van der Waals surface area contributed by atoms with Crippen molar-refractivity contribution in [2.45, 2.75) is 44.4 Å². The number of carboxylic acid groups (broad SMARTS) is 1. The van der Waals surface area contributed by atoms with E-state index < -0.39 is 30.1 Å². The van der Waals surface area contributed by atoms with E-state index in [-0.39, 0.29) is 23.6 Å². The number of carboxylic acids is 1. The van der Waals surface area contributed by atoms with Gasteiger partial charge < -0.3 is 25.7 Å². The molecule has 126 valence electrons. The third-order valence-electron chi connectivity index (χ3n) is 5.40. The maximum absolute atomic E-state index is 12.3. The lowest BCUT2D eigenvalue weighted by Crippen LogP contribution is -2.64. The van der Waals surface area contributed by atoms with Gasteiger partial charge in [-0.3, -0.25) is 4.79 Å². The van der Waals surface area contributed by atoms with Crippen LogP contribution < -0.4 is 5.73 Å². The maximum atomic E-state index is 12.3. The van der Waals surface area contributed by atoms with Crippen molar-refractivity contribution in [1.29, 1.82) is 0 Å². The number of hydrogen-bond donors (Lipinski definition) is 3. The van der Waals surface area contributed by atoms with Crippen LogP contribution in [-0.2, 0) is 9.59 Å². The molecular formula is C15H21N3O5. The Labute approximate surface area is 133 Å². The summed E-state index contributed by atoms with van der Waals surface area (Å²) in [5.74, 6) is -2.25. The third-order valence-corrected chi connectivity index (χ3v) is 5.40. The fourth-order valence-corrected chi connectivity index (χ4v) is 4.41. The Morgan fingerprint density at radius 3 is 2.57 bits per heavy atom. The first-order chi connectivity index (χ1) is 10.8. The number of carbonyl (C=O) groups is 3. The van der Waals surface area contributed by atoms with Gasteiger partial charge in [0.2, 0.25) is 5.91 Å². The molecule has 1 saturated carbocycles. The van der Waals surface area contributed by atoms with Crippen molar-refractivity contribution in [2.24, 2.45) is 17.6 Å². The fourth-order valence-electron chi connectivity index (χ4n) is 4.41. The average molecular weight is 323 g/mol. The monoisotopic (exact) mass is 323 g/mol. The molecule has 8 nitrogen and oxygen atoms in total. The number of amides is 3. The number of aliphatic hydroxyl groups excluding tert-OH is 1. The van der Waals surface area contributed by atoms with Crippen LogP contribution in [0, 0.1) is 11.8 Å². The molecule has 23 heavy (non-hydrogen) atoms. The summed E-state index contributed by atoms with van der Waals surface area (Å²) in [5.41, 5.74) is 5.93. The summed E-state index contributed by atoms with van der Waals surface area (Å²) in [7, 11) is 1.55. The summed E-state index contributed by atoms with van der Waals surface area (Å²) in [6.45, 7) is 1.55. The molecule has 0 aromatic carbocycles. The molecule has 3 aliphatic rings. The van der Waals surface area contributed by atoms with Gasteiger partial charge in [0.15, 0.2) is 0 Å². The number of hydrogen-bond acceptors (Lipinski definition) is 4. The van der Waals surface area contributed by atoms with Crippen molar-refractivity contribution in [2.75, 3.05) is 7.05 Å². The molecule has 1 saturated heterocycles. The van der Waals surface area contributed by atoms with Gasteiger partial charge in [0.25, 0.3) is 0 Å². The van der Waals surface area contributed by atoms with Gasteiger partial charge in [-0.25, -0.2) is 9.59 Å². The van der Waals surface area contributed by atoms with Gasteiger partial charge in [0.1, 0.15) is 5.70 Å². The molecule has 0 aromatic rings. The average Bonchev–Trinajstić information content (AvgIpc) is 2.76. The zero-order chi connectivity index (χ0) is 17.0. The van der Waals surface area contributed by atoms with E-state index in [2.05, 4.69) is 0 Å². The summed E-state index contributed by atoms with van der Waals surface area (Å²) in [5, 5.41) is 19.5. The van der Waals surface area contributed by atoms with Gasteiger partial charge in [-0.1, -0.05) is 6.42 Å². The zero-order valence-corrected chi connectivity index (χ0v) is 13.1. The number of β-lactam (4-membered cyclic amide) rings is 1. The lowest BCUT2D eigenvalue weighted by atomic mass is 9.71. The third kappa shape index (κ3) is 2.04. The second kappa shape index (κ2) is 5.23. The molecule has 0 radical (unpaired) electrons. The van der Waals surface area contributed by atoms with Gasteiger partial charge in [-0.2, -0.15) is 0 Å². The number of nitrogens with zero attached hydrogens (tertiary/aromatic N) is 2. The first-order valence-electron chi connectivity index (χ1n) is 7.78. The highest BCUT2D eigenvalue weighted by atomic mass is 16.4. The van der Waals surface area contributed by atoms with E-state index in [4.69, 9.17) is 5.73 Å². The Kier molecular flexibility index (Phi) is 3.59. The molecule has 2 aliphatic heterocycles. The standard InChI is InChI=1S/C15H21N3O5/c1-6(19)9-11-7-4-3-5-8(17(2)15(16)23)10(7)12(14(21)22)18(11)13(9)20/h6-9,11,19H,3-5H2,1-2H3,(H2,16,23)(H,21,22)/t6-,7+,8+,9-,11-/m1/s1. The number of carbonyl (C=O) groups excluding carboxylic acids is 2. The van der Waals surface area contributed by atoms with Crippen LogP contribution in [0.15, 0.2) is 11.3 Å². The molecular weight excluding hydrogens is 302 g/mol. The zero-order valence-electron chi connectivity index (χ0n) is 13.1. The van der Waals surface area contributed by atoms with Crippen LogP contribution in [0.1, 0.15) is 26.2 Å². The maximum Gasteiger partial charge on any atom is 0.352 e. The van der Waals surface area contributed by atoms with Gasteiger partial charge >= 0.3 is 12.0 Å². The second-order valence-corrected chi connectivity index (χ2v) is 6.58. The van der Waals surface area contributed by atoms with Crippen molar-refractivity contribution in [3.63, 3.8) is 0 Å². The minimum Gasteiger partial charge on any atom is -0.477 e. The number of urea groups is 1. The molecule has 3 rings (SSSR count). The van der Waals surface area contributed by atoms with E-state index >= 15 is 0 Å². The minimum atomic E-state index is -1.17. The van der Waals surface area contributed by atoms with Crippen molar-refractivity contribution in [1.82, 2.24) is 9.80 Å². The van der Waals surface area contributed by atoms with E-state index in [0.717, 1.165) is 12.8 Å². The SMILES string of the molecule is C[C@@H](O)[C@H]1C(=O)N2C(C(=O)O)=C3[C@H](CCC[C@@H]3N(C)C(N)=O)[C@H]12. The summed E-state index contributed by atoms with van der Waals surface area (Å²) in [6.07, 6.45) is 1.35. The molecule has 0 aromatic heterocycles. The molecule has 1 aliphatic carbocycles. The predicted octanol–water partition coefficient (Wildman–Crippen LogP) is -0.274. The van der Waals surface area contributed by atoms with Crippen LogP contribution in [0.5, 0.6) is 0 Å². The second-order valence-electron chi connectivity index (χ2n) is 6.58. The van der Waals surface area contributed by atoms with Crippen molar-refractivity contribution in [3.8, 4) is 0 Å². The highest BCUT2D eigenvalue weighted by molar-refractivity contribution is 6.00. The molecule has 8 heteroatoms. The van der Waals surface area contributed by atoms with Gasteiger partial charge in [-0.15, -0.1) is 0 Å². The minimum absolute atomic E-state index is 0.0281. The smallest absolute Gasteiger partial charge is 0.352 e. The van der Waals surface area contributed by atoms with Crippen molar-refractivity contribution in [3.05, 3.63) is 11.3 Å². The normalized spacial score (nSPS) is 33.7. The van der Waals surface area contributed by atoms with Crippen molar-refractivity contribution >= 4 is 17.9 Å². The Morgan fingerprint density at radius 2 is 2.04 bits per heavy atom. The van der Waals surface area contributed by atoms with Crippen LogP contribution in [0.4, 0.5) is 4.79 Å². The molecule has 0 bridgehead atoms. The highest BCUT2D eigenvalue weighted by Gasteiger charge is 2.62. The first kappa shape index (κ1) is 15.8. The molecule has 2 heterocycles. The largest absolute Gasteiger partial charge is 0.477 e. The summed E-state index contributed by atoms with van der Waals surface area (Å²) in [6, 6.07) is -1.36. The molecule has 3 amide bonds. The molecule has 0 spiro atoms. The van der Waals surface area contributed by atoms with Gasteiger partial charge in [0.05, 0.1) is 24.1 Å². The number of rotatable bonds is 3. The Morgan fingerprint density at radius 1 is 1.39 bits per heavy atom. The Bertz CT molecular complexity index is 614. The van der Waals surface area contributed by atoms with Crippen LogP contribution in [0.2, 0.25) is 0 Å². The van der Waals surface area contributed by atoms with E-state index in [1.54, 1.807) is 14.0 Å². The lowest BCUT2D eigenvalue weighted by molar-refractivity contribution is -0.163.